The second-order valence-electron chi connectivity index (χ2n) is 4.00. The summed E-state index contributed by atoms with van der Waals surface area (Å²) in [4.78, 5) is 0. The first-order valence-corrected chi connectivity index (χ1v) is 5.56. The lowest BCUT2D eigenvalue weighted by atomic mass is 10.2. The summed E-state index contributed by atoms with van der Waals surface area (Å²) in [6.45, 7) is 1.94. The molecular formula is C12H18N2O. The molecule has 0 aliphatic carbocycles. The van der Waals surface area contributed by atoms with Crippen molar-refractivity contribution >= 4 is 5.69 Å². The molecule has 0 radical (unpaired) electrons. The van der Waals surface area contributed by atoms with Crippen LogP contribution in [0.1, 0.15) is 19.3 Å². The van der Waals surface area contributed by atoms with Crippen LogP contribution in [-0.2, 0) is 0 Å². The molecule has 82 valence electrons. The van der Waals surface area contributed by atoms with Gasteiger partial charge >= 0.3 is 0 Å². The first-order valence-electron chi connectivity index (χ1n) is 5.56. The smallest absolute Gasteiger partial charge is 0.119 e. The first kappa shape index (κ1) is 10.3. The number of ether oxygens (including phenoxy) is 1. The minimum atomic E-state index is 0.652. The lowest BCUT2D eigenvalue weighted by molar-refractivity contribution is 0.292. The molecule has 1 fully saturated rings. The Kier molecular flexibility index (Phi) is 3.45. The molecule has 1 aliphatic rings. The van der Waals surface area contributed by atoms with E-state index in [-0.39, 0.29) is 0 Å². The maximum atomic E-state index is 5.63. The van der Waals surface area contributed by atoms with Crippen LogP contribution in [0.3, 0.4) is 0 Å². The molecule has 3 nitrogen and oxygen atoms in total. The lowest BCUT2D eigenvalue weighted by Crippen LogP contribution is -2.23. The van der Waals surface area contributed by atoms with Crippen LogP contribution in [0.25, 0.3) is 0 Å². The molecule has 0 spiro atoms. The fourth-order valence-corrected chi connectivity index (χ4v) is 1.89. The van der Waals surface area contributed by atoms with Crippen molar-refractivity contribution in [3.8, 4) is 5.75 Å². The van der Waals surface area contributed by atoms with Gasteiger partial charge in [0, 0.05) is 11.7 Å². The quantitative estimate of drug-likeness (QED) is 0.738. The normalized spacial score (nSPS) is 20.4. The Balaban J connectivity index is 1.71. The van der Waals surface area contributed by atoms with Crippen molar-refractivity contribution in [2.24, 2.45) is 0 Å². The number of anilines is 1. The Bertz CT molecular complexity index is 291. The summed E-state index contributed by atoms with van der Waals surface area (Å²) in [6, 6.07) is 8.21. The monoisotopic (exact) mass is 206 g/mol. The first-order chi connectivity index (χ1) is 7.34. The van der Waals surface area contributed by atoms with Crippen molar-refractivity contribution in [3.05, 3.63) is 24.3 Å². The number of nitrogens with one attached hydrogen (secondary N) is 1. The lowest BCUT2D eigenvalue weighted by Gasteiger charge is -2.11. The summed E-state index contributed by atoms with van der Waals surface area (Å²) in [6.07, 6.45) is 3.67. The van der Waals surface area contributed by atoms with Crippen molar-refractivity contribution in [2.45, 2.75) is 25.3 Å². The van der Waals surface area contributed by atoms with E-state index in [1.54, 1.807) is 0 Å². The number of benzene rings is 1. The van der Waals surface area contributed by atoms with E-state index in [4.69, 9.17) is 10.5 Å². The van der Waals surface area contributed by atoms with Gasteiger partial charge in [0.15, 0.2) is 0 Å². The fraction of sp³-hybridized carbons (Fsp3) is 0.500. The van der Waals surface area contributed by atoms with Gasteiger partial charge in [-0.3, -0.25) is 0 Å². The predicted molar refractivity (Wildman–Crippen MR) is 62.0 cm³/mol. The second-order valence-corrected chi connectivity index (χ2v) is 4.00. The van der Waals surface area contributed by atoms with Crippen LogP contribution in [0.4, 0.5) is 5.69 Å². The molecular weight excluding hydrogens is 188 g/mol. The van der Waals surface area contributed by atoms with Crippen LogP contribution < -0.4 is 15.8 Å². The van der Waals surface area contributed by atoms with Crippen LogP contribution in [0.15, 0.2) is 24.3 Å². The largest absolute Gasteiger partial charge is 0.494 e. The Labute approximate surface area is 90.6 Å². The predicted octanol–water partition coefficient (Wildman–Crippen LogP) is 1.79. The van der Waals surface area contributed by atoms with Crippen LogP contribution in [0.5, 0.6) is 5.75 Å². The summed E-state index contributed by atoms with van der Waals surface area (Å²) in [5.41, 5.74) is 6.37. The Morgan fingerprint density at radius 3 is 2.80 bits per heavy atom. The highest BCUT2D eigenvalue weighted by molar-refractivity contribution is 5.41. The molecule has 3 heteroatoms. The third-order valence-electron chi connectivity index (χ3n) is 2.78. The summed E-state index contributed by atoms with van der Waals surface area (Å²) in [5.74, 6) is 0.905. The van der Waals surface area contributed by atoms with Crippen molar-refractivity contribution in [1.29, 1.82) is 0 Å². The number of nitrogen functional groups attached to an aromatic ring is 1. The average Bonchev–Trinajstić information content (AvgIpc) is 2.74. The van der Waals surface area contributed by atoms with Crippen molar-refractivity contribution in [2.75, 3.05) is 18.9 Å². The van der Waals surface area contributed by atoms with Gasteiger partial charge in [0.25, 0.3) is 0 Å². The molecule has 1 heterocycles. The van der Waals surface area contributed by atoms with Crippen LogP contribution >= 0.6 is 0 Å². The molecule has 15 heavy (non-hydrogen) atoms. The van der Waals surface area contributed by atoms with Gasteiger partial charge in [-0.15, -0.1) is 0 Å². The van der Waals surface area contributed by atoms with E-state index in [2.05, 4.69) is 5.32 Å². The topological polar surface area (TPSA) is 47.3 Å². The Morgan fingerprint density at radius 1 is 1.33 bits per heavy atom. The molecule has 3 N–H and O–H groups in total. The zero-order valence-electron chi connectivity index (χ0n) is 8.91. The van der Waals surface area contributed by atoms with Gasteiger partial charge in [-0.1, -0.05) is 0 Å². The summed E-state index contributed by atoms with van der Waals surface area (Å²) < 4.78 is 5.63. The van der Waals surface area contributed by atoms with Gasteiger partial charge in [0.2, 0.25) is 0 Å². The van der Waals surface area contributed by atoms with E-state index in [0.717, 1.165) is 31.0 Å². The minimum Gasteiger partial charge on any atom is -0.494 e. The second kappa shape index (κ2) is 5.03. The van der Waals surface area contributed by atoms with Gasteiger partial charge < -0.3 is 15.8 Å². The van der Waals surface area contributed by atoms with Crippen LogP contribution in [0.2, 0.25) is 0 Å². The number of rotatable bonds is 4. The highest BCUT2D eigenvalue weighted by atomic mass is 16.5. The SMILES string of the molecule is Nc1ccc(OCCC2CCCN2)cc1. The van der Waals surface area contributed by atoms with Gasteiger partial charge in [0.1, 0.15) is 5.75 Å². The summed E-state index contributed by atoms with van der Waals surface area (Å²) >= 11 is 0. The molecule has 0 saturated carbocycles. The highest BCUT2D eigenvalue weighted by Gasteiger charge is 2.13. The zero-order chi connectivity index (χ0) is 10.5. The van der Waals surface area contributed by atoms with Gasteiger partial charge in [0.05, 0.1) is 6.61 Å². The molecule has 0 bridgehead atoms. The maximum Gasteiger partial charge on any atom is 0.119 e. The van der Waals surface area contributed by atoms with Crippen LogP contribution in [-0.4, -0.2) is 19.2 Å². The standard InChI is InChI=1S/C12H18N2O/c13-10-3-5-12(6-4-10)15-9-7-11-2-1-8-14-11/h3-6,11,14H,1-2,7-9,13H2. The molecule has 2 rings (SSSR count). The number of nitrogens with two attached hydrogens (primary N) is 1. The molecule has 1 aromatic rings. The van der Waals surface area contributed by atoms with Gasteiger partial charge in [-0.2, -0.15) is 0 Å². The van der Waals surface area contributed by atoms with E-state index >= 15 is 0 Å². The number of hydrogen-bond donors (Lipinski definition) is 2. The van der Waals surface area contributed by atoms with Gasteiger partial charge in [-0.25, -0.2) is 0 Å². The van der Waals surface area contributed by atoms with E-state index in [1.807, 2.05) is 24.3 Å². The molecule has 1 saturated heterocycles. The minimum absolute atomic E-state index is 0.652. The maximum absolute atomic E-state index is 5.63. The van der Waals surface area contributed by atoms with E-state index < -0.39 is 0 Å². The summed E-state index contributed by atoms with van der Waals surface area (Å²) in [5, 5.41) is 3.45. The molecule has 1 aliphatic heterocycles. The highest BCUT2D eigenvalue weighted by Crippen LogP contribution is 2.14. The third-order valence-corrected chi connectivity index (χ3v) is 2.78. The Hall–Kier alpha value is -1.22. The van der Waals surface area contributed by atoms with Gasteiger partial charge in [-0.05, 0) is 50.1 Å². The average molecular weight is 206 g/mol. The molecule has 0 aromatic heterocycles. The number of hydrogen-bond acceptors (Lipinski definition) is 3. The molecule has 1 atom stereocenters. The third kappa shape index (κ3) is 3.13. The van der Waals surface area contributed by atoms with E-state index in [0.29, 0.717) is 6.04 Å². The Morgan fingerprint density at radius 2 is 2.13 bits per heavy atom. The molecule has 1 unspecified atom stereocenters. The molecule has 1 aromatic carbocycles. The zero-order valence-corrected chi connectivity index (χ0v) is 8.91. The molecule has 0 amide bonds. The van der Waals surface area contributed by atoms with E-state index in [1.165, 1.54) is 12.8 Å². The van der Waals surface area contributed by atoms with E-state index in [9.17, 15) is 0 Å². The summed E-state index contributed by atoms with van der Waals surface area (Å²) in [7, 11) is 0. The van der Waals surface area contributed by atoms with Crippen molar-refractivity contribution in [1.82, 2.24) is 5.32 Å². The van der Waals surface area contributed by atoms with Crippen molar-refractivity contribution < 1.29 is 4.74 Å². The fourth-order valence-electron chi connectivity index (χ4n) is 1.89. The van der Waals surface area contributed by atoms with Crippen LogP contribution in [0, 0.1) is 0 Å². The van der Waals surface area contributed by atoms with Crippen molar-refractivity contribution in [3.63, 3.8) is 0 Å².